The monoisotopic (exact) mass is 356 g/mol. The zero-order valence-corrected chi connectivity index (χ0v) is 15.3. The fourth-order valence-electron chi connectivity index (χ4n) is 3.22. The first kappa shape index (κ1) is 18.0. The van der Waals surface area contributed by atoms with Gasteiger partial charge in [-0.05, 0) is 37.1 Å². The van der Waals surface area contributed by atoms with E-state index in [9.17, 15) is 9.59 Å². The second-order valence-corrected chi connectivity index (χ2v) is 6.33. The number of rotatable bonds is 4. The van der Waals surface area contributed by atoms with Gasteiger partial charge in [-0.25, -0.2) is 4.79 Å². The summed E-state index contributed by atoms with van der Waals surface area (Å²) in [5.74, 6) is 0.536. The van der Waals surface area contributed by atoms with E-state index >= 15 is 0 Å². The third-order valence-corrected chi connectivity index (χ3v) is 4.87. The highest BCUT2D eigenvalue weighted by atomic mass is 16.5. The third-order valence-electron chi connectivity index (χ3n) is 4.87. The quantitative estimate of drug-likeness (QED) is 0.783. The predicted octanol–water partition coefficient (Wildman–Crippen LogP) is 2.11. The Morgan fingerprint density at radius 1 is 1.35 bits per heavy atom. The molecule has 2 heterocycles. The Morgan fingerprint density at radius 2 is 2.15 bits per heavy atom. The lowest BCUT2D eigenvalue weighted by Crippen LogP contribution is -2.50. The Labute approximate surface area is 152 Å². The van der Waals surface area contributed by atoms with Gasteiger partial charge in [0.25, 0.3) is 0 Å². The maximum atomic E-state index is 12.1. The first-order chi connectivity index (χ1) is 12.5. The molecule has 7 heteroatoms. The molecule has 2 aromatic rings. The number of nitrogens with one attached hydrogen (secondary N) is 3. The summed E-state index contributed by atoms with van der Waals surface area (Å²) in [4.78, 5) is 28.8. The molecule has 138 valence electrons. The number of aromatic nitrogens is 1. The molecule has 0 fully saturated rings. The highest BCUT2D eigenvalue weighted by Gasteiger charge is 2.25. The molecular formula is C19H24N4O3. The van der Waals surface area contributed by atoms with Crippen LogP contribution in [0.15, 0.2) is 30.5 Å². The maximum absolute atomic E-state index is 12.1. The molecule has 1 aliphatic rings. The average molecular weight is 356 g/mol. The normalized spacial score (nSPS) is 16.0. The molecule has 0 bridgehead atoms. The second-order valence-electron chi connectivity index (χ2n) is 6.33. The van der Waals surface area contributed by atoms with E-state index in [4.69, 9.17) is 4.74 Å². The minimum absolute atomic E-state index is 0.293. The lowest BCUT2D eigenvalue weighted by molar-refractivity contribution is -0.124. The van der Waals surface area contributed by atoms with Gasteiger partial charge in [0.15, 0.2) is 0 Å². The number of nitrogens with zero attached hydrogens (tertiary/aromatic N) is 1. The Hall–Kier alpha value is -2.80. The Morgan fingerprint density at radius 3 is 2.81 bits per heavy atom. The van der Waals surface area contributed by atoms with Crippen LogP contribution in [0.5, 0.6) is 5.75 Å². The summed E-state index contributed by atoms with van der Waals surface area (Å²) in [5.41, 5.74) is 3.49. The topological polar surface area (TPSA) is 86.5 Å². The number of H-pyrrole nitrogens is 1. The van der Waals surface area contributed by atoms with Crippen LogP contribution >= 0.6 is 0 Å². The summed E-state index contributed by atoms with van der Waals surface area (Å²) in [7, 11) is 3.15. The van der Waals surface area contributed by atoms with Crippen molar-refractivity contribution in [2.75, 3.05) is 27.2 Å². The molecular weight excluding hydrogens is 332 g/mol. The van der Waals surface area contributed by atoms with Crippen molar-refractivity contribution < 1.29 is 14.3 Å². The van der Waals surface area contributed by atoms with Crippen LogP contribution in [0.2, 0.25) is 0 Å². The summed E-state index contributed by atoms with van der Waals surface area (Å²) in [5, 5.41) is 5.86. The van der Waals surface area contributed by atoms with Crippen LogP contribution in [0.4, 0.5) is 4.79 Å². The van der Waals surface area contributed by atoms with Gasteiger partial charge in [0.05, 0.1) is 13.2 Å². The molecule has 1 aliphatic heterocycles. The van der Waals surface area contributed by atoms with Crippen molar-refractivity contribution in [2.45, 2.75) is 19.4 Å². The molecule has 1 atom stereocenters. The molecule has 0 unspecified atom stereocenters. The molecule has 0 spiro atoms. The first-order valence-corrected chi connectivity index (χ1v) is 8.64. The molecule has 0 saturated carbocycles. The zero-order valence-electron chi connectivity index (χ0n) is 15.3. The molecule has 0 aliphatic carbocycles. The van der Waals surface area contributed by atoms with Gasteiger partial charge in [-0.1, -0.05) is 6.08 Å². The number of benzene rings is 1. The fraction of sp³-hybridized carbons (Fsp3) is 0.368. The van der Waals surface area contributed by atoms with Gasteiger partial charge in [0, 0.05) is 42.8 Å². The standard InChI is InChI=1S/C19H24N4O3/c1-12(18(24)22-19(25)20-2)23-8-6-13(7-9-23)16-11-21-17-5-4-14(26-3)10-15(16)17/h4-6,10-12,21H,7-9H2,1-3H3,(H2,20,22,24,25)/t12-/m0/s1. The van der Waals surface area contributed by atoms with E-state index in [1.807, 2.05) is 31.3 Å². The number of amides is 3. The lowest BCUT2D eigenvalue weighted by Gasteiger charge is -2.30. The van der Waals surface area contributed by atoms with Crippen molar-refractivity contribution in [3.63, 3.8) is 0 Å². The van der Waals surface area contributed by atoms with E-state index in [-0.39, 0.29) is 11.9 Å². The number of ether oxygens (including phenoxy) is 1. The smallest absolute Gasteiger partial charge is 0.321 e. The number of fused-ring (bicyclic) bond motifs is 1. The highest BCUT2D eigenvalue weighted by Crippen LogP contribution is 2.31. The van der Waals surface area contributed by atoms with Crippen molar-refractivity contribution in [1.29, 1.82) is 0 Å². The van der Waals surface area contributed by atoms with Crippen molar-refractivity contribution in [3.8, 4) is 5.75 Å². The van der Waals surface area contributed by atoms with Crippen molar-refractivity contribution in [1.82, 2.24) is 20.5 Å². The van der Waals surface area contributed by atoms with Crippen LogP contribution in [0.25, 0.3) is 16.5 Å². The number of carbonyl (C=O) groups excluding carboxylic acids is 2. The zero-order chi connectivity index (χ0) is 18.7. The van der Waals surface area contributed by atoms with Gasteiger partial charge >= 0.3 is 6.03 Å². The van der Waals surface area contributed by atoms with E-state index in [0.29, 0.717) is 6.54 Å². The summed E-state index contributed by atoms with van der Waals surface area (Å²) >= 11 is 0. The van der Waals surface area contributed by atoms with Gasteiger partial charge in [0.1, 0.15) is 5.75 Å². The van der Waals surface area contributed by atoms with Crippen molar-refractivity contribution in [2.24, 2.45) is 0 Å². The number of methoxy groups -OCH3 is 1. The largest absolute Gasteiger partial charge is 0.497 e. The number of hydrogen-bond donors (Lipinski definition) is 3. The molecule has 26 heavy (non-hydrogen) atoms. The fourth-order valence-corrected chi connectivity index (χ4v) is 3.22. The number of imide groups is 1. The molecule has 1 aromatic carbocycles. The molecule has 3 rings (SSSR count). The van der Waals surface area contributed by atoms with Gasteiger partial charge in [0.2, 0.25) is 5.91 Å². The SMILES string of the molecule is CNC(=O)NC(=O)[C@H](C)N1CC=C(c2c[nH]c3ccc(OC)cc23)CC1. The van der Waals surface area contributed by atoms with Gasteiger partial charge in [-0.15, -0.1) is 0 Å². The van der Waals surface area contributed by atoms with Gasteiger partial charge < -0.3 is 15.0 Å². The van der Waals surface area contributed by atoms with Gasteiger partial charge in [-0.3, -0.25) is 15.0 Å². The summed E-state index contributed by atoms with van der Waals surface area (Å²) in [6.45, 7) is 3.23. The Bertz CT molecular complexity index is 856. The molecule has 1 aromatic heterocycles. The predicted molar refractivity (Wildman–Crippen MR) is 101 cm³/mol. The number of urea groups is 1. The molecule has 0 saturated heterocycles. The Kier molecular flexibility index (Phi) is 5.27. The average Bonchev–Trinajstić information content (AvgIpc) is 3.10. The van der Waals surface area contributed by atoms with E-state index in [0.717, 1.165) is 29.6 Å². The van der Waals surface area contributed by atoms with Crippen LogP contribution in [0.3, 0.4) is 0 Å². The summed E-state index contributed by atoms with van der Waals surface area (Å²) in [6.07, 6.45) is 5.00. The minimum Gasteiger partial charge on any atom is -0.497 e. The number of carbonyl (C=O) groups is 2. The first-order valence-electron chi connectivity index (χ1n) is 8.64. The summed E-state index contributed by atoms with van der Waals surface area (Å²) in [6, 6.07) is 5.13. The molecule has 7 nitrogen and oxygen atoms in total. The van der Waals surface area contributed by atoms with Crippen LogP contribution in [-0.4, -0.2) is 55.1 Å². The number of hydrogen-bond acceptors (Lipinski definition) is 4. The second kappa shape index (κ2) is 7.61. The Balaban J connectivity index is 1.73. The van der Waals surface area contributed by atoms with E-state index in [1.165, 1.54) is 18.2 Å². The molecule has 3 amide bonds. The van der Waals surface area contributed by atoms with Crippen LogP contribution in [0, 0.1) is 0 Å². The number of aromatic amines is 1. The highest BCUT2D eigenvalue weighted by molar-refractivity contribution is 5.97. The van der Waals surface area contributed by atoms with Crippen molar-refractivity contribution >= 4 is 28.4 Å². The van der Waals surface area contributed by atoms with Crippen LogP contribution in [0.1, 0.15) is 18.9 Å². The van der Waals surface area contributed by atoms with E-state index in [2.05, 4.69) is 26.6 Å². The maximum Gasteiger partial charge on any atom is 0.321 e. The molecule has 0 radical (unpaired) electrons. The summed E-state index contributed by atoms with van der Waals surface area (Å²) < 4.78 is 5.33. The minimum atomic E-state index is -0.483. The third kappa shape index (κ3) is 3.57. The van der Waals surface area contributed by atoms with Gasteiger partial charge in [-0.2, -0.15) is 0 Å². The lowest BCUT2D eigenvalue weighted by atomic mass is 9.98. The van der Waals surface area contributed by atoms with Crippen LogP contribution < -0.4 is 15.4 Å². The van der Waals surface area contributed by atoms with E-state index < -0.39 is 6.03 Å². The molecule has 3 N–H and O–H groups in total. The van der Waals surface area contributed by atoms with Crippen molar-refractivity contribution in [3.05, 3.63) is 36.0 Å². The van der Waals surface area contributed by atoms with E-state index in [1.54, 1.807) is 7.11 Å². The van der Waals surface area contributed by atoms with Crippen LogP contribution in [-0.2, 0) is 4.79 Å².